The molecule has 4 heteroatoms. The molecule has 0 saturated carbocycles. The van der Waals surface area contributed by atoms with Crippen molar-refractivity contribution < 1.29 is 4.79 Å². The van der Waals surface area contributed by atoms with Gasteiger partial charge in [-0.05, 0) is 64.3 Å². The Hall–Kier alpha value is -0.870. The first-order chi connectivity index (χ1) is 9.58. The minimum Gasteiger partial charge on any atom is -0.338 e. The third kappa shape index (κ3) is 4.06. The smallest absolute Gasteiger partial charge is 0.222 e. The van der Waals surface area contributed by atoms with Crippen molar-refractivity contribution in [3.05, 3.63) is 21.9 Å². The average molecular weight is 294 g/mol. The van der Waals surface area contributed by atoms with Crippen LogP contribution in [0.5, 0.6) is 0 Å². The van der Waals surface area contributed by atoms with Gasteiger partial charge in [0.15, 0.2) is 0 Å². The van der Waals surface area contributed by atoms with E-state index >= 15 is 0 Å². The second-order valence-electron chi connectivity index (χ2n) is 5.86. The molecule has 1 fully saturated rings. The van der Waals surface area contributed by atoms with Gasteiger partial charge < -0.3 is 10.2 Å². The third-order valence-electron chi connectivity index (χ3n) is 4.37. The maximum absolute atomic E-state index is 12.3. The fourth-order valence-corrected chi connectivity index (χ4v) is 3.73. The van der Waals surface area contributed by atoms with Crippen molar-refractivity contribution >= 4 is 17.2 Å². The molecule has 1 aliphatic rings. The van der Waals surface area contributed by atoms with E-state index in [1.54, 1.807) is 11.3 Å². The summed E-state index contributed by atoms with van der Waals surface area (Å²) in [4.78, 5) is 16.8. The van der Waals surface area contributed by atoms with E-state index in [0.717, 1.165) is 25.4 Å². The lowest BCUT2D eigenvalue weighted by molar-refractivity contribution is -0.132. The third-order valence-corrected chi connectivity index (χ3v) is 5.54. The highest BCUT2D eigenvalue weighted by atomic mass is 32.1. The number of nitrogens with one attached hydrogen (secondary N) is 1. The molecule has 1 aromatic rings. The highest BCUT2D eigenvalue weighted by molar-refractivity contribution is 7.12. The number of rotatable bonds is 5. The van der Waals surface area contributed by atoms with Gasteiger partial charge >= 0.3 is 0 Å². The number of thiophene rings is 1. The molecule has 1 amide bonds. The van der Waals surface area contributed by atoms with Crippen molar-refractivity contribution in [3.63, 3.8) is 0 Å². The van der Waals surface area contributed by atoms with Crippen LogP contribution in [0.25, 0.3) is 0 Å². The Labute approximate surface area is 126 Å². The zero-order valence-corrected chi connectivity index (χ0v) is 13.6. The Balaban J connectivity index is 1.81. The molecule has 20 heavy (non-hydrogen) atoms. The average Bonchev–Trinajstić information content (AvgIpc) is 2.91. The van der Waals surface area contributed by atoms with Crippen LogP contribution in [0.15, 0.2) is 12.1 Å². The minimum absolute atomic E-state index is 0.189. The molecule has 0 bridgehead atoms. The molecule has 1 aromatic heterocycles. The minimum atomic E-state index is 0.189. The maximum Gasteiger partial charge on any atom is 0.222 e. The van der Waals surface area contributed by atoms with Gasteiger partial charge in [-0.2, -0.15) is 0 Å². The molecule has 2 rings (SSSR count). The molecule has 1 saturated heterocycles. The molecule has 112 valence electrons. The number of piperidine rings is 1. The normalized spacial score (nSPS) is 17.9. The van der Waals surface area contributed by atoms with Crippen LogP contribution in [0.4, 0.5) is 0 Å². The van der Waals surface area contributed by atoms with Crippen LogP contribution in [-0.4, -0.2) is 30.9 Å². The van der Waals surface area contributed by atoms with E-state index in [4.69, 9.17) is 0 Å². The maximum atomic E-state index is 12.3. The van der Waals surface area contributed by atoms with Crippen LogP contribution in [-0.2, 0) is 4.79 Å². The quantitative estimate of drug-likeness (QED) is 0.903. The van der Waals surface area contributed by atoms with Gasteiger partial charge in [0.2, 0.25) is 5.91 Å². The van der Waals surface area contributed by atoms with Crippen molar-refractivity contribution in [2.75, 3.05) is 20.1 Å². The van der Waals surface area contributed by atoms with Gasteiger partial charge in [0.1, 0.15) is 0 Å². The summed E-state index contributed by atoms with van der Waals surface area (Å²) in [6, 6.07) is 4.46. The number of hydrogen-bond donors (Lipinski definition) is 1. The van der Waals surface area contributed by atoms with Crippen molar-refractivity contribution in [2.24, 2.45) is 5.92 Å². The Morgan fingerprint density at radius 3 is 2.75 bits per heavy atom. The molecular formula is C16H26N2OS. The molecule has 3 nitrogen and oxygen atoms in total. The number of nitrogens with zero attached hydrogens (tertiary/aromatic N) is 1. The predicted octanol–water partition coefficient (Wildman–Crippen LogP) is 3.36. The van der Waals surface area contributed by atoms with Gasteiger partial charge in [-0.15, -0.1) is 11.3 Å². The van der Waals surface area contributed by atoms with Crippen molar-refractivity contribution in [1.82, 2.24) is 10.2 Å². The molecule has 2 heterocycles. The second kappa shape index (κ2) is 7.23. The van der Waals surface area contributed by atoms with Crippen LogP contribution < -0.4 is 5.32 Å². The van der Waals surface area contributed by atoms with E-state index in [-0.39, 0.29) is 11.9 Å². The lowest BCUT2D eigenvalue weighted by Gasteiger charge is -2.26. The Bertz CT molecular complexity index is 437. The number of hydrogen-bond acceptors (Lipinski definition) is 3. The fraction of sp³-hybridized carbons (Fsp3) is 0.688. The molecular weight excluding hydrogens is 268 g/mol. The first-order valence-corrected chi connectivity index (χ1v) is 8.42. The van der Waals surface area contributed by atoms with Gasteiger partial charge in [-0.25, -0.2) is 0 Å². The molecule has 0 radical (unpaired) electrons. The Morgan fingerprint density at radius 1 is 1.45 bits per heavy atom. The largest absolute Gasteiger partial charge is 0.338 e. The van der Waals surface area contributed by atoms with Crippen LogP contribution in [0.1, 0.15) is 48.4 Å². The summed E-state index contributed by atoms with van der Waals surface area (Å²) in [6.07, 6.45) is 4.17. The van der Waals surface area contributed by atoms with E-state index in [2.05, 4.69) is 31.3 Å². The zero-order valence-electron chi connectivity index (χ0n) is 12.8. The van der Waals surface area contributed by atoms with Gasteiger partial charge in [0, 0.05) is 23.2 Å². The molecule has 1 unspecified atom stereocenters. The molecule has 0 spiro atoms. The number of aryl methyl sites for hydroxylation is 1. The van der Waals surface area contributed by atoms with Gasteiger partial charge in [-0.1, -0.05) is 0 Å². The summed E-state index contributed by atoms with van der Waals surface area (Å²) in [7, 11) is 1.93. The summed E-state index contributed by atoms with van der Waals surface area (Å²) in [5.74, 6) is 1.01. The lowest BCUT2D eigenvalue weighted by atomic mass is 9.93. The first-order valence-electron chi connectivity index (χ1n) is 7.60. The molecule has 1 aliphatic heterocycles. The van der Waals surface area contributed by atoms with Gasteiger partial charge in [0.25, 0.3) is 0 Å². The first kappa shape index (κ1) is 15.5. The lowest BCUT2D eigenvalue weighted by Crippen LogP contribution is -2.31. The van der Waals surface area contributed by atoms with Crippen LogP contribution in [0.2, 0.25) is 0 Å². The highest BCUT2D eigenvalue weighted by Crippen LogP contribution is 2.27. The van der Waals surface area contributed by atoms with E-state index in [1.807, 2.05) is 11.9 Å². The van der Waals surface area contributed by atoms with Crippen LogP contribution in [0.3, 0.4) is 0 Å². The van der Waals surface area contributed by atoms with E-state index in [9.17, 15) is 4.79 Å². The SMILES string of the molecule is Cc1ccc(C(C)N(C)C(=O)CCC2CCNCC2)s1. The summed E-state index contributed by atoms with van der Waals surface area (Å²) < 4.78 is 0. The van der Waals surface area contributed by atoms with Crippen LogP contribution >= 0.6 is 11.3 Å². The molecule has 1 atom stereocenters. The standard InChI is InChI=1S/C16H26N2OS/c1-12-4-6-15(20-12)13(2)18(3)16(19)7-5-14-8-10-17-11-9-14/h4,6,13-14,17H,5,7-11H2,1-3H3. The fourth-order valence-electron chi connectivity index (χ4n) is 2.76. The Kier molecular flexibility index (Phi) is 5.61. The van der Waals surface area contributed by atoms with Gasteiger partial charge in [-0.3, -0.25) is 4.79 Å². The predicted molar refractivity (Wildman–Crippen MR) is 85.1 cm³/mol. The summed E-state index contributed by atoms with van der Waals surface area (Å²) in [6.45, 7) is 6.45. The van der Waals surface area contributed by atoms with E-state index in [1.165, 1.54) is 22.6 Å². The van der Waals surface area contributed by atoms with E-state index < -0.39 is 0 Å². The monoisotopic (exact) mass is 294 g/mol. The van der Waals surface area contributed by atoms with Crippen molar-refractivity contribution in [1.29, 1.82) is 0 Å². The number of carbonyl (C=O) groups excluding carboxylic acids is 1. The molecule has 1 N–H and O–H groups in total. The second-order valence-corrected chi connectivity index (χ2v) is 7.18. The summed E-state index contributed by atoms with van der Waals surface area (Å²) >= 11 is 1.79. The molecule has 0 aromatic carbocycles. The van der Waals surface area contributed by atoms with Crippen LogP contribution in [0, 0.1) is 12.8 Å². The Morgan fingerprint density at radius 2 is 2.15 bits per heavy atom. The van der Waals surface area contributed by atoms with Crippen molar-refractivity contribution in [3.8, 4) is 0 Å². The van der Waals surface area contributed by atoms with Gasteiger partial charge in [0.05, 0.1) is 6.04 Å². The topological polar surface area (TPSA) is 32.3 Å². The summed E-state index contributed by atoms with van der Waals surface area (Å²) in [5, 5.41) is 3.37. The molecule has 0 aliphatic carbocycles. The number of amides is 1. The highest BCUT2D eigenvalue weighted by Gasteiger charge is 2.20. The zero-order chi connectivity index (χ0) is 14.5. The van der Waals surface area contributed by atoms with E-state index in [0.29, 0.717) is 6.42 Å². The number of carbonyl (C=O) groups is 1. The van der Waals surface area contributed by atoms with Crippen molar-refractivity contribution in [2.45, 2.75) is 45.6 Å². The summed E-state index contributed by atoms with van der Waals surface area (Å²) in [5.41, 5.74) is 0.